The maximum Gasteiger partial charge on any atom is 0.118 e. The van der Waals surface area contributed by atoms with Crippen LogP contribution >= 0.6 is 0 Å². The van der Waals surface area contributed by atoms with Crippen LogP contribution in [0.5, 0.6) is 5.75 Å². The molecule has 118 valence electrons. The molecule has 1 heterocycles. The van der Waals surface area contributed by atoms with Gasteiger partial charge in [0.25, 0.3) is 0 Å². The second-order valence-electron chi connectivity index (χ2n) is 5.46. The first-order chi connectivity index (χ1) is 10.3. The zero-order valence-corrected chi connectivity index (χ0v) is 13.1. The summed E-state index contributed by atoms with van der Waals surface area (Å²) in [7, 11) is 1.69. The Balaban J connectivity index is 1.91. The van der Waals surface area contributed by atoms with Crippen molar-refractivity contribution in [1.82, 2.24) is 5.32 Å². The highest BCUT2D eigenvalue weighted by Crippen LogP contribution is 2.23. The van der Waals surface area contributed by atoms with Gasteiger partial charge >= 0.3 is 0 Å². The van der Waals surface area contributed by atoms with E-state index in [1.54, 1.807) is 7.11 Å². The summed E-state index contributed by atoms with van der Waals surface area (Å²) in [6, 6.07) is 8.16. The molecule has 1 aromatic carbocycles. The Morgan fingerprint density at radius 3 is 2.57 bits per heavy atom. The molecule has 0 aromatic heterocycles. The summed E-state index contributed by atoms with van der Waals surface area (Å²) in [5.74, 6) is 1.51. The Morgan fingerprint density at radius 1 is 1.24 bits per heavy atom. The Bertz CT molecular complexity index is 388. The molecule has 1 aromatic rings. The summed E-state index contributed by atoms with van der Waals surface area (Å²) in [6.07, 6.45) is 2.31. The second kappa shape index (κ2) is 9.03. The van der Waals surface area contributed by atoms with Crippen LogP contribution in [-0.2, 0) is 9.47 Å². The largest absolute Gasteiger partial charge is 0.497 e. The van der Waals surface area contributed by atoms with Crippen LogP contribution in [-0.4, -0.2) is 40.0 Å². The van der Waals surface area contributed by atoms with E-state index in [4.69, 9.17) is 14.2 Å². The SMILES string of the molecule is CCNCC(OCC1CCOCC1)c1ccc(OC)cc1. The van der Waals surface area contributed by atoms with Crippen molar-refractivity contribution in [2.45, 2.75) is 25.9 Å². The third-order valence-electron chi connectivity index (χ3n) is 3.94. The molecule has 4 nitrogen and oxygen atoms in total. The lowest BCUT2D eigenvalue weighted by molar-refractivity contribution is -0.0112. The number of hydrogen-bond acceptors (Lipinski definition) is 4. The molecule has 4 heteroatoms. The van der Waals surface area contributed by atoms with Gasteiger partial charge in [-0.1, -0.05) is 19.1 Å². The smallest absolute Gasteiger partial charge is 0.118 e. The summed E-state index contributed by atoms with van der Waals surface area (Å²) in [6.45, 7) is 6.46. The minimum atomic E-state index is 0.0960. The summed E-state index contributed by atoms with van der Waals surface area (Å²) in [5.41, 5.74) is 1.20. The molecule has 2 rings (SSSR count). The van der Waals surface area contributed by atoms with E-state index in [-0.39, 0.29) is 6.10 Å². The predicted molar refractivity (Wildman–Crippen MR) is 83.8 cm³/mol. The summed E-state index contributed by atoms with van der Waals surface area (Å²) in [4.78, 5) is 0. The number of ether oxygens (including phenoxy) is 3. The first kappa shape index (κ1) is 16.3. The number of hydrogen-bond donors (Lipinski definition) is 1. The van der Waals surface area contributed by atoms with Gasteiger partial charge in [-0.3, -0.25) is 0 Å². The molecular weight excluding hydrogens is 266 g/mol. The van der Waals surface area contributed by atoms with Crippen LogP contribution in [0, 0.1) is 5.92 Å². The monoisotopic (exact) mass is 293 g/mol. The van der Waals surface area contributed by atoms with Crippen molar-refractivity contribution in [3.63, 3.8) is 0 Å². The molecule has 1 aliphatic heterocycles. The minimum absolute atomic E-state index is 0.0960. The van der Waals surface area contributed by atoms with Gasteiger partial charge in [-0.25, -0.2) is 0 Å². The highest BCUT2D eigenvalue weighted by molar-refractivity contribution is 5.28. The van der Waals surface area contributed by atoms with Crippen LogP contribution in [0.15, 0.2) is 24.3 Å². The Labute approximate surface area is 127 Å². The first-order valence-electron chi connectivity index (χ1n) is 7.87. The lowest BCUT2D eigenvalue weighted by atomic mass is 10.0. The number of benzene rings is 1. The molecule has 21 heavy (non-hydrogen) atoms. The van der Waals surface area contributed by atoms with Crippen molar-refractivity contribution in [3.05, 3.63) is 29.8 Å². The maximum absolute atomic E-state index is 6.18. The third kappa shape index (κ3) is 5.30. The lowest BCUT2D eigenvalue weighted by Crippen LogP contribution is -2.26. The predicted octanol–water partition coefficient (Wildman–Crippen LogP) is 2.79. The zero-order chi connectivity index (χ0) is 14.9. The molecule has 1 aliphatic rings. The van der Waals surface area contributed by atoms with Crippen LogP contribution in [0.4, 0.5) is 0 Å². The molecule has 0 spiro atoms. The topological polar surface area (TPSA) is 39.7 Å². The standard InChI is InChI=1S/C17H27NO3/c1-3-18-12-17(15-4-6-16(19-2)7-5-15)21-13-14-8-10-20-11-9-14/h4-7,14,17-18H,3,8-13H2,1-2H3. The summed E-state index contributed by atoms with van der Waals surface area (Å²) in [5, 5.41) is 3.38. The third-order valence-corrected chi connectivity index (χ3v) is 3.94. The van der Waals surface area contributed by atoms with Gasteiger partial charge in [0, 0.05) is 19.8 Å². The highest BCUT2D eigenvalue weighted by Gasteiger charge is 2.18. The summed E-state index contributed by atoms with van der Waals surface area (Å²) >= 11 is 0. The van der Waals surface area contributed by atoms with Crippen molar-refractivity contribution in [2.75, 3.05) is 40.0 Å². The minimum Gasteiger partial charge on any atom is -0.497 e. The van der Waals surface area contributed by atoms with E-state index >= 15 is 0 Å². The van der Waals surface area contributed by atoms with Gasteiger partial charge in [0.05, 0.1) is 19.8 Å². The van der Waals surface area contributed by atoms with E-state index in [0.717, 1.165) is 51.5 Å². The first-order valence-corrected chi connectivity index (χ1v) is 7.87. The fourth-order valence-electron chi connectivity index (χ4n) is 2.53. The van der Waals surface area contributed by atoms with E-state index in [1.165, 1.54) is 5.56 Å². The van der Waals surface area contributed by atoms with Gasteiger partial charge in [-0.15, -0.1) is 0 Å². The molecule has 1 atom stereocenters. The molecule has 1 fully saturated rings. The number of rotatable bonds is 8. The molecule has 0 radical (unpaired) electrons. The lowest BCUT2D eigenvalue weighted by Gasteiger charge is -2.25. The van der Waals surface area contributed by atoms with Crippen molar-refractivity contribution in [2.24, 2.45) is 5.92 Å². The number of methoxy groups -OCH3 is 1. The van der Waals surface area contributed by atoms with E-state index in [2.05, 4.69) is 24.4 Å². The molecule has 1 saturated heterocycles. The average Bonchev–Trinajstić information content (AvgIpc) is 2.56. The van der Waals surface area contributed by atoms with Crippen molar-refractivity contribution < 1.29 is 14.2 Å². The molecule has 0 amide bonds. The fraction of sp³-hybridized carbons (Fsp3) is 0.647. The quantitative estimate of drug-likeness (QED) is 0.800. The molecule has 1 unspecified atom stereocenters. The van der Waals surface area contributed by atoms with E-state index in [0.29, 0.717) is 5.92 Å². The number of nitrogens with one attached hydrogen (secondary N) is 1. The normalized spacial score (nSPS) is 17.6. The van der Waals surface area contributed by atoms with Crippen LogP contribution < -0.4 is 10.1 Å². The zero-order valence-electron chi connectivity index (χ0n) is 13.1. The van der Waals surface area contributed by atoms with Crippen LogP contribution in [0.25, 0.3) is 0 Å². The van der Waals surface area contributed by atoms with E-state index in [9.17, 15) is 0 Å². The average molecular weight is 293 g/mol. The van der Waals surface area contributed by atoms with Crippen LogP contribution in [0.3, 0.4) is 0 Å². The molecule has 0 saturated carbocycles. The van der Waals surface area contributed by atoms with Gasteiger partial charge in [-0.2, -0.15) is 0 Å². The van der Waals surface area contributed by atoms with E-state index < -0.39 is 0 Å². The highest BCUT2D eigenvalue weighted by atomic mass is 16.5. The van der Waals surface area contributed by atoms with E-state index in [1.807, 2.05) is 12.1 Å². The Morgan fingerprint density at radius 2 is 1.95 bits per heavy atom. The Hall–Kier alpha value is -1.10. The second-order valence-corrected chi connectivity index (χ2v) is 5.46. The van der Waals surface area contributed by atoms with Gasteiger partial charge in [-0.05, 0) is 43.0 Å². The molecule has 1 N–H and O–H groups in total. The van der Waals surface area contributed by atoms with Crippen molar-refractivity contribution >= 4 is 0 Å². The maximum atomic E-state index is 6.18. The molecular formula is C17H27NO3. The van der Waals surface area contributed by atoms with Crippen LogP contribution in [0.2, 0.25) is 0 Å². The van der Waals surface area contributed by atoms with Crippen LogP contribution in [0.1, 0.15) is 31.4 Å². The van der Waals surface area contributed by atoms with Gasteiger partial charge in [0.2, 0.25) is 0 Å². The van der Waals surface area contributed by atoms with Gasteiger partial charge < -0.3 is 19.5 Å². The summed E-state index contributed by atoms with van der Waals surface area (Å²) < 4.78 is 16.8. The van der Waals surface area contributed by atoms with Gasteiger partial charge in [0.1, 0.15) is 5.75 Å². The van der Waals surface area contributed by atoms with Gasteiger partial charge in [0.15, 0.2) is 0 Å². The molecule has 0 aliphatic carbocycles. The Kier molecular flexibility index (Phi) is 7.00. The van der Waals surface area contributed by atoms with Crippen molar-refractivity contribution in [3.8, 4) is 5.75 Å². The number of likely N-dealkylation sites (N-methyl/N-ethyl adjacent to an activating group) is 1. The fourth-order valence-corrected chi connectivity index (χ4v) is 2.53. The van der Waals surface area contributed by atoms with Crippen molar-refractivity contribution in [1.29, 1.82) is 0 Å². The molecule has 0 bridgehead atoms.